The molecule has 0 heterocycles. The lowest BCUT2D eigenvalue weighted by atomic mass is 9.56. The summed E-state index contributed by atoms with van der Waals surface area (Å²) in [5.74, 6) is 0. The van der Waals surface area contributed by atoms with Gasteiger partial charge in [0.2, 0.25) is 0 Å². The van der Waals surface area contributed by atoms with Crippen molar-refractivity contribution in [1.29, 1.82) is 0 Å². The van der Waals surface area contributed by atoms with Crippen LogP contribution in [-0.4, -0.2) is 0 Å². The molecule has 0 radical (unpaired) electrons. The standard InChI is InChI=1S/C50H41N/c1-49(2)45-22-12-19-39-33-44(43-21-13-23-46(50(49,3)4)48(43)47(39)45)38-18-11-20-42(32-38)51(40-28-24-36(25-29-40)34-14-7-5-8-15-34)41-30-26-37(27-31-41)35-16-9-6-10-17-35/h5-33H,1-4H3. The fraction of sp³-hybridized carbons (Fsp3) is 0.120. The lowest BCUT2D eigenvalue weighted by molar-refractivity contribution is 0.304. The van der Waals surface area contributed by atoms with Crippen LogP contribution in [0.3, 0.4) is 0 Å². The summed E-state index contributed by atoms with van der Waals surface area (Å²) in [5, 5.41) is 5.44. The van der Waals surface area contributed by atoms with Crippen LogP contribution in [0.4, 0.5) is 17.1 Å². The van der Waals surface area contributed by atoms with E-state index in [1.54, 1.807) is 0 Å². The molecular weight excluding hydrogens is 615 g/mol. The van der Waals surface area contributed by atoms with E-state index in [1.165, 1.54) is 66.1 Å². The molecule has 0 bridgehead atoms. The largest absolute Gasteiger partial charge is 0.310 e. The zero-order chi connectivity index (χ0) is 34.7. The van der Waals surface area contributed by atoms with Crippen molar-refractivity contribution in [2.45, 2.75) is 38.5 Å². The number of hydrogen-bond acceptors (Lipinski definition) is 1. The van der Waals surface area contributed by atoms with E-state index in [4.69, 9.17) is 0 Å². The average Bonchev–Trinajstić information content (AvgIpc) is 3.18. The molecule has 0 amide bonds. The molecule has 246 valence electrons. The van der Waals surface area contributed by atoms with E-state index >= 15 is 0 Å². The maximum Gasteiger partial charge on any atom is 0.0467 e. The average molecular weight is 656 g/mol. The first kappa shape index (κ1) is 31.1. The van der Waals surface area contributed by atoms with Crippen molar-refractivity contribution in [2.24, 2.45) is 0 Å². The summed E-state index contributed by atoms with van der Waals surface area (Å²) in [6, 6.07) is 64.5. The Morgan fingerprint density at radius 3 is 1.39 bits per heavy atom. The Bertz CT molecular complexity index is 2460. The van der Waals surface area contributed by atoms with E-state index < -0.39 is 0 Å². The Balaban J connectivity index is 1.21. The number of hydrogen-bond donors (Lipinski definition) is 0. The van der Waals surface area contributed by atoms with Crippen molar-refractivity contribution < 1.29 is 0 Å². The van der Waals surface area contributed by atoms with E-state index in [0.29, 0.717) is 0 Å². The molecule has 1 aliphatic carbocycles. The molecule has 8 aromatic rings. The third-order valence-electron chi connectivity index (χ3n) is 11.8. The molecule has 0 saturated heterocycles. The molecule has 1 nitrogen and oxygen atoms in total. The van der Waals surface area contributed by atoms with Gasteiger partial charge in [0.15, 0.2) is 0 Å². The van der Waals surface area contributed by atoms with Gasteiger partial charge >= 0.3 is 0 Å². The van der Waals surface area contributed by atoms with Crippen LogP contribution in [0.5, 0.6) is 0 Å². The van der Waals surface area contributed by atoms with Crippen LogP contribution in [0.2, 0.25) is 0 Å². The maximum absolute atomic E-state index is 2.42. The number of anilines is 3. The molecule has 51 heavy (non-hydrogen) atoms. The van der Waals surface area contributed by atoms with Crippen LogP contribution in [0.25, 0.3) is 54.9 Å². The molecule has 0 N–H and O–H groups in total. The Hall–Kier alpha value is -5.92. The molecule has 1 heteroatoms. The van der Waals surface area contributed by atoms with Crippen LogP contribution in [-0.2, 0) is 10.8 Å². The van der Waals surface area contributed by atoms with Gasteiger partial charge in [0.25, 0.3) is 0 Å². The third kappa shape index (κ3) is 4.99. The second-order valence-electron chi connectivity index (χ2n) is 15.0. The first-order chi connectivity index (χ1) is 24.8. The van der Waals surface area contributed by atoms with Crippen molar-refractivity contribution >= 4 is 38.6 Å². The number of rotatable bonds is 6. The molecule has 0 aliphatic heterocycles. The first-order valence-corrected chi connectivity index (χ1v) is 18.0. The summed E-state index contributed by atoms with van der Waals surface area (Å²) in [6.07, 6.45) is 0. The van der Waals surface area contributed by atoms with Crippen molar-refractivity contribution in [3.05, 3.63) is 187 Å². The predicted molar refractivity (Wildman–Crippen MR) is 218 cm³/mol. The van der Waals surface area contributed by atoms with Gasteiger partial charge in [0, 0.05) is 17.1 Å². The van der Waals surface area contributed by atoms with Gasteiger partial charge in [-0.25, -0.2) is 0 Å². The highest BCUT2D eigenvalue weighted by Gasteiger charge is 2.44. The zero-order valence-corrected chi connectivity index (χ0v) is 29.7. The van der Waals surface area contributed by atoms with Gasteiger partial charge in [-0.2, -0.15) is 0 Å². The molecule has 0 unspecified atom stereocenters. The molecular formula is C50H41N. The molecule has 8 aromatic carbocycles. The SMILES string of the molecule is CC1(C)c2cccc3cc(-c4cccc(N(c5ccc(-c6ccccc6)cc5)c5ccc(-c6ccccc6)cc5)c4)c4cccc(c4c23)C1(C)C. The monoisotopic (exact) mass is 655 g/mol. The third-order valence-corrected chi connectivity index (χ3v) is 11.8. The fourth-order valence-electron chi connectivity index (χ4n) is 8.33. The van der Waals surface area contributed by atoms with E-state index in [-0.39, 0.29) is 10.8 Å². The van der Waals surface area contributed by atoms with Crippen LogP contribution in [0.15, 0.2) is 176 Å². The Labute approximate surface area is 301 Å². The Morgan fingerprint density at radius 1 is 0.353 bits per heavy atom. The molecule has 0 atom stereocenters. The molecule has 1 aliphatic rings. The topological polar surface area (TPSA) is 3.24 Å². The van der Waals surface area contributed by atoms with Gasteiger partial charge in [-0.3, -0.25) is 0 Å². The smallest absolute Gasteiger partial charge is 0.0467 e. The summed E-state index contributed by atoms with van der Waals surface area (Å²) in [4.78, 5) is 2.38. The van der Waals surface area contributed by atoms with Crippen molar-refractivity contribution in [3.63, 3.8) is 0 Å². The van der Waals surface area contributed by atoms with Gasteiger partial charge in [-0.1, -0.05) is 161 Å². The second-order valence-corrected chi connectivity index (χ2v) is 15.0. The van der Waals surface area contributed by atoms with E-state index in [2.05, 4.69) is 209 Å². The van der Waals surface area contributed by atoms with Crippen molar-refractivity contribution in [2.75, 3.05) is 4.90 Å². The van der Waals surface area contributed by atoms with Crippen LogP contribution < -0.4 is 4.90 Å². The van der Waals surface area contributed by atoms with Crippen LogP contribution >= 0.6 is 0 Å². The number of benzene rings is 8. The molecule has 9 rings (SSSR count). The quantitative estimate of drug-likeness (QED) is 0.161. The molecule has 0 fully saturated rings. The van der Waals surface area contributed by atoms with E-state index in [9.17, 15) is 0 Å². The van der Waals surface area contributed by atoms with Gasteiger partial charge in [0.1, 0.15) is 0 Å². The molecule has 0 saturated carbocycles. The lowest BCUT2D eigenvalue weighted by Gasteiger charge is -2.47. The summed E-state index contributed by atoms with van der Waals surface area (Å²) in [5.41, 5.74) is 13.5. The Kier molecular flexibility index (Phi) is 7.22. The van der Waals surface area contributed by atoms with E-state index in [0.717, 1.165) is 17.1 Å². The number of nitrogens with zero attached hydrogens (tertiary/aromatic N) is 1. The minimum atomic E-state index is -0.0249. The van der Waals surface area contributed by atoms with Gasteiger partial charge in [-0.05, 0) is 119 Å². The summed E-state index contributed by atoms with van der Waals surface area (Å²) in [6.45, 7) is 9.66. The van der Waals surface area contributed by atoms with E-state index in [1.807, 2.05) is 0 Å². The summed E-state index contributed by atoms with van der Waals surface area (Å²) >= 11 is 0. The summed E-state index contributed by atoms with van der Waals surface area (Å²) < 4.78 is 0. The van der Waals surface area contributed by atoms with Crippen LogP contribution in [0.1, 0.15) is 38.8 Å². The van der Waals surface area contributed by atoms with Gasteiger partial charge in [-0.15, -0.1) is 0 Å². The van der Waals surface area contributed by atoms with Crippen molar-refractivity contribution in [1.82, 2.24) is 0 Å². The Morgan fingerprint density at radius 2 is 0.824 bits per heavy atom. The highest BCUT2D eigenvalue weighted by molar-refractivity contribution is 6.18. The highest BCUT2D eigenvalue weighted by atomic mass is 15.1. The summed E-state index contributed by atoms with van der Waals surface area (Å²) in [7, 11) is 0. The minimum absolute atomic E-state index is 0.00183. The van der Waals surface area contributed by atoms with Gasteiger partial charge in [0.05, 0.1) is 0 Å². The minimum Gasteiger partial charge on any atom is -0.310 e. The highest BCUT2D eigenvalue weighted by Crippen LogP contribution is 2.55. The zero-order valence-electron chi connectivity index (χ0n) is 29.7. The molecule has 0 spiro atoms. The fourth-order valence-corrected chi connectivity index (χ4v) is 8.33. The molecule has 0 aromatic heterocycles. The second kappa shape index (κ2) is 11.9. The first-order valence-electron chi connectivity index (χ1n) is 18.0. The lowest BCUT2D eigenvalue weighted by Crippen LogP contribution is -2.42. The predicted octanol–water partition coefficient (Wildman–Crippen LogP) is 14.0. The normalized spacial score (nSPS) is 14.2. The van der Waals surface area contributed by atoms with Crippen LogP contribution in [0, 0.1) is 0 Å². The maximum atomic E-state index is 2.42. The van der Waals surface area contributed by atoms with Crippen molar-refractivity contribution in [3.8, 4) is 33.4 Å². The van der Waals surface area contributed by atoms with Gasteiger partial charge < -0.3 is 4.90 Å².